The summed E-state index contributed by atoms with van der Waals surface area (Å²) in [5.74, 6) is 2.02. The molecule has 5 heteroatoms. The van der Waals surface area contributed by atoms with Gasteiger partial charge in [-0.15, -0.1) is 0 Å². The molecule has 4 nitrogen and oxygen atoms in total. The van der Waals surface area contributed by atoms with Gasteiger partial charge in [0.1, 0.15) is 18.2 Å². The molecule has 112 valence electrons. The highest BCUT2D eigenvalue weighted by Crippen LogP contribution is 2.24. The molecule has 0 aliphatic rings. The lowest BCUT2D eigenvalue weighted by molar-refractivity contribution is 0.290. The summed E-state index contributed by atoms with van der Waals surface area (Å²) >= 11 is 6.13. The Hall–Kier alpha value is -1.81. The van der Waals surface area contributed by atoms with Crippen LogP contribution in [0.5, 0.6) is 5.88 Å². The number of ether oxygens (including phenoxy) is 1. The van der Waals surface area contributed by atoms with E-state index in [1.165, 1.54) is 0 Å². The average Bonchev–Trinajstić information content (AvgIpc) is 2.45. The van der Waals surface area contributed by atoms with Crippen molar-refractivity contribution in [3.8, 4) is 5.88 Å². The number of hydrogen-bond donors (Lipinski definition) is 1. The lowest BCUT2D eigenvalue weighted by Crippen LogP contribution is -2.17. The molecule has 0 atom stereocenters. The Morgan fingerprint density at radius 2 is 1.90 bits per heavy atom. The zero-order valence-corrected chi connectivity index (χ0v) is 13.5. The van der Waals surface area contributed by atoms with E-state index >= 15 is 0 Å². The fourth-order valence-corrected chi connectivity index (χ4v) is 1.92. The zero-order valence-electron chi connectivity index (χ0n) is 12.8. The molecule has 2 rings (SSSR count). The standard InChI is InChI=1S/C16H20ClN3O/c1-16(2,3)15-19-13(18-4)9-14(20-15)21-10-11-7-5-6-8-12(11)17/h5-9H,10H2,1-4H3,(H,18,19,20). The molecule has 0 spiro atoms. The Morgan fingerprint density at radius 1 is 1.19 bits per heavy atom. The summed E-state index contributed by atoms with van der Waals surface area (Å²) in [7, 11) is 1.83. The van der Waals surface area contributed by atoms with E-state index in [-0.39, 0.29) is 5.41 Å². The number of nitrogens with one attached hydrogen (secondary N) is 1. The second-order valence-corrected chi connectivity index (χ2v) is 6.20. The van der Waals surface area contributed by atoms with Crippen molar-refractivity contribution in [2.75, 3.05) is 12.4 Å². The molecule has 0 unspecified atom stereocenters. The molecule has 0 aliphatic carbocycles. The van der Waals surface area contributed by atoms with Crippen molar-refractivity contribution in [1.29, 1.82) is 0 Å². The average molecular weight is 306 g/mol. The molecular formula is C16H20ClN3O. The van der Waals surface area contributed by atoms with Crippen LogP contribution in [0.25, 0.3) is 0 Å². The van der Waals surface area contributed by atoms with Crippen molar-refractivity contribution in [3.05, 3.63) is 46.7 Å². The predicted molar refractivity (Wildman–Crippen MR) is 86.1 cm³/mol. The fraction of sp³-hybridized carbons (Fsp3) is 0.375. The molecule has 0 saturated heterocycles. The first-order chi connectivity index (χ1) is 9.90. The van der Waals surface area contributed by atoms with E-state index in [2.05, 4.69) is 36.1 Å². The van der Waals surface area contributed by atoms with Gasteiger partial charge in [-0.3, -0.25) is 0 Å². The second kappa shape index (κ2) is 6.31. The fourth-order valence-electron chi connectivity index (χ4n) is 1.73. The van der Waals surface area contributed by atoms with Crippen molar-refractivity contribution in [1.82, 2.24) is 9.97 Å². The van der Waals surface area contributed by atoms with Crippen LogP contribution in [0.3, 0.4) is 0 Å². The summed E-state index contributed by atoms with van der Waals surface area (Å²) in [5.41, 5.74) is 0.788. The number of anilines is 1. The van der Waals surface area contributed by atoms with Crippen molar-refractivity contribution in [2.45, 2.75) is 32.8 Å². The molecule has 1 aromatic carbocycles. The predicted octanol–water partition coefficient (Wildman–Crippen LogP) is 4.05. The number of benzene rings is 1. The van der Waals surface area contributed by atoms with E-state index in [0.717, 1.165) is 17.2 Å². The Kier molecular flexibility index (Phi) is 4.68. The molecule has 1 N–H and O–H groups in total. The van der Waals surface area contributed by atoms with Crippen LogP contribution >= 0.6 is 11.6 Å². The highest BCUT2D eigenvalue weighted by atomic mass is 35.5. The lowest BCUT2D eigenvalue weighted by Gasteiger charge is -2.18. The SMILES string of the molecule is CNc1cc(OCc2ccccc2Cl)nc(C(C)(C)C)n1. The molecule has 1 heterocycles. The number of rotatable bonds is 4. The minimum atomic E-state index is -0.143. The third-order valence-electron chi connectivity index (χ3n) is 2.96. The van der Waals surface area contributed by atoms with E-state index in [1.807, 2.05) is 31.3 Å². The first-order valence-corrected chi connectivity index (χ1v) is 7.21. The van der Waals surface area contributed by atoms with Gasteiger partial charge < -0.3 is 10.1 Å². The summed E-state index contributed by atoms with van der Waals surface area (Å²) in [6.45, 7) is 6.59. The number of nitrogens with zero attached hydrogens (tertiary/aromatic N) is 2. The van der Waals surface area contributed by atoms with E-state index in [4.69, 9.17) is 16.3 Å². The number of halogens is 1. The van der Waals surface area contributed by atoms with Crippen LogP contribution in [-0.4, -0.2) is 17.0 Å². The van der Waals surface area contributed by atoms with Gasteiger partial charge >= 0.3 is 0 Å². The van der Waals surface area contributed by atoms with E-state index < -0.39 is 0 Å². The largest absolute Gasteiger partial charge is 0.473 e. The van der Waals surface area contributed by atoms with Crippen molar-refractivity contribution < 1.29 is 4.74 Å². The van der Waals surface area contributed by atoms with Crippen LogP contribution in [0.4, 0.5) is 5.82 Å². The smallest absolute Gasteiger partial charge is 0.219 e. The van der Waals surface area contributed by atoms with Crippen LogP contribution in [0.15, 0.2) is 30.3 Å². The van der Waals surface area contributed by atoms with E-state index in [1.54, 1.807) is 6.07 Å². The third kappa shape index (κ3) is 4.08. The minimum Gasteiger partial charge on any atom is -0.473 e. The molecule has 0 amide bonds. The number of hydrogen-bond acceptors (Lipinski definition) is 4. The first kappa shape index (κ1) is 15.6. The van der Waals surface area contributed by atoms with Gasteiger partial charge in [-0.1, -0.05) is 50.6 Å². The monoisotopic (exact) mass is 305 g/mol. The van der Waals surface area contributed by atoms with Crippen LogP contribution in [-0.2, 0) is 12.0 Å². The van der Waals surface area contributed by atoms with Crippen molar-refractivity contribution >= 4 is 17.4 Å². The Labute approximate surface area is 130 Å². The maximum absolute atomic E-state index is 6.13. The lowest BCUT2D eigenvalue weighted by atomic mass is 9.96. The van der Waals surface area contributed by atoms with E-state index in [9.17, 15) is 0 Å². The molecule has 0 fully saturated rings. The summed E-state index contributed by atoms with van der Waals surface area (Å²) in [5, 5.41) is 3.72. The Morgan fingerprint density at radius 3 is 2.52 bits per heavy atom. The maximum atomic E-state index is 6.13. The molecule has 21 heavy (non-hydrogen) atoms. The summed E-state index contributed by atoms with van der Waals surface area (Å²) in [6, 6.07) is 9.40. The first-order valence-electron chi connectivity index (χ1n) is 6.83. The van der Waals surface area contributed by atoms with Gasteiger partial charge in [-0.05, 0) is 6.07 Å². The van der Waals surface area contributed by atoms with Gasteiger partial charge in [0.15, 0.2) is 0 Å². The van der Waals surface area contributed by atoms with Crippen molar-refractivity contribution in [2.24, 2.45) is 0 Å². The van der Waals surface area contributed by atoms with Crippen molar-refractivity contribution in [3.63, 3.8) is 0 Å². The highest BCUT2D eigenvalue weighted by molar-refractivity contribution is 6.31. The van der Waals surface area contributed by atoms with Gasteiger partial charge in [0.2, 0.25) is 5.88 Å². The van der Waals surface area contributed by atoms with Crippen LogP contribution in [0.1, 0.15) is 32.2 Å². The van der Waals surface area contributed by atoms with E-state index in [0.29, 0.717) is 17.5 Å². The zero-order chi connectivity index (χ0) is 15.5. The van der Waals surface area contributed by atoms with Crippen LogP contribution < -0.4 is 10.1 Å². The second-order valence-electron chi connectivity index (χ2n) is 5.80. The molecule has 0 aliphatic heterocycles. The van der Waals surface area contributed by atoms with Gasteiger partial charge in [0.05, 0.1) is 0 Å². The van der Waals surface area contributed by atoms with Gasteiger partial charge in [-0.2, -0.15) is 4.98 Å². The van der Waals surface area contributed by atoms with Gasteiger partial charge in [-0.25, -0.2) is 4.98 Å². The maximum Gasteiger partial charge on any atom is 0.219 e. The third-order valence-corrected chi connectivity index (χ3v) is 3.33. The summed E-state index contributed by atoms with van der Waals surface area (Å²) in [4.78, 5) is 8.95. The summed E-state index contributed by atoms with van der Waals surface area (Å²) in [6.07, 6.45) is 0. The molecular weight excluding hydrogens is 286 g/mol. The minimum absolute atomic E-state index is 0.143. The molecule has 2 aromatic rings. The normalized spacial score (nSPS) is 11.3. The van der Waals surface area contributed by atoms with Crippen LogP contribution in [0.2, 0.25) is 5.02 Å². The van der Waals surface area contributed by atoms with Crippen LogP contribution in [0, 0.1) is 0 Å². The quantitative estimate of drug-likeness (QED) is 0.925. The molecule has 0 bridgehead atoms. The topological polar surface area (TPSA) is 47.0 Å². The number of aromatic nitrogens is 2. The Bertz CT molecular complexity index is 623. The molecule has 0 radical (unpaired) electrons. The molecule has 0 saturated carbocycles. The Balaban J connectivity index is 2.22. The highest BCUT2D eigenvalue weighted by Gasteiger charge is 2.19. The molecule has 1 aromatic heterocycles. The summed E-state index contributed by atoms with van der Waals surface area (Å²) < 4.78 is 5.78. The van der Waals surface area contributed by atoms with Gasteiger partial charge in [0.25, 0.3) is 0 Å². The van der Waals surface area contributed by atoms with Gasteiger partial charge in [0, 0.05) is 29.1 Å².